The third kappa shape index (κ3) is 7.02. The smallest absolute Gasteiger partial charge is 0.242 e. The molecule has 4 nitrogen and oxygen atoms in total. The number of hydrogen-bond donors (Lipinski definition) is 1. The molecule has 2 rings (SSSR count). The molecule has 0 aromatic heterocycles. The van der Waals surface area contributed by atoms with Crippen molar-refractivity contribution in [1.82, 2.24) is 10.2 Å². The van der Waals surface area contributed by atoms with Crippen molar-refractivity contribution >= 4 is 35.0 Å². The molecule has 29 heavy (non-hydrogen) atoms. The van der Waals surface area contributed by atoms with Crippen LogP contribution >= 0.6 is 23.2 Å². The van der Waals surface area contributed by atoms with E-state index < -0.39 is 6.04 Å². The van der Waals surface area contributed by atoms with Gasteiger partial charge in [0.2, 0.25) is 11.8 Å². The zero-order chi connectivity index (χ0) is 21.6. The Morgan fingerprint density at radius 2 is 1.72 bits per heavy atom. The van der Waals surface area contributed by atoms with Gasteiger partial charge in [0, 0.05) is 23.1 Å². The molecule has 0 aliphatic rings. The molecule has 2 aromatic rings. The fraction of sp³-hybridized carbons (Fsp3) is 0.364. The number of rotatable bonds is 8. The van der Waals surface area contributed by atoms with Crippen LogP contribution in [-0.4, -0.2) is 29.3 Å². The van der Waals surface area contributed by atoms with Crippen LogP contribution in [-0.2, 0) is 22.6 Å². The van der Waals surface area contributed by atoms with Crippen LogP contribution in [0.4, 0.5) is 4.39 Å². The molecular weight excluding hydrogens is 414 g/mol. The van der Waals surface area contributed by atoms with Crippen LogP contribution in [0.2, 0.25) is 10.0 Å². The van der Waals surface area contributed by atoms with E-state index in [1.54, 1.807) is 37.3 Å². The van der Waals surface area contributed by atoms with E-state index in [1.807, 2.05) is 13.8 Å². The van der Waals surface area contributed by atoms with Crippen molar-refractivity contribution in [2.75, 3.05) is 6.54 Å². The van der Waals surface area contributed by atoms with Crippen molar-refractivity contribution in [2.24, 2.45) is 5.92 Å². The van der Waals surface area contributed by atoms with Crippen molar-refractivity contribution in [3.05, 3.63) is 69.5 Å². The Morgan fingerprint density at radius 1 is 1.07 bits per heavy atom. The largest absolute Gasteiger partial charge is 0.354 e. The molecule has 0 radical (unpaired) electrons. The molecule has 1 atom stereocenters. The van der Waals surface area contributed by atoms with Crippen LogP contribution in [0.5, 0.6) is 0 Å². The van der Waals surface area contributed by atoms with E-state index in [-0.39, 0.29) is 30.6 Å². The standard InChI is InChI=1S/C22H25Cl2FN2O2/c1-14(2)12-26-22(29)15(3)27(13-16-4-8-19(25)9-5-16)21(28)10-17-6-7-18(23)11-20(17)24/h4-9,11,14-15H,10,12-13H2,1-3H3,(H,26,29)/t15-/m0/s1. The second-order valence-corrected chi connectivity index (χ2v) is 8.22. The molecule has 0 aliphatic carbocycles. The minimum Gasteiger partial charge on any atom is -0.354 e. The number of carbonyl (C=O) groups excluding carboxylic acids is 2. The van der Waals surface area contributed by atoms with Gasteiger partial charge in [0.05, 0.1) is 6.42 Å². The Hall–Kier alpha value is -2.11. The first-order chi connectivity index (χ1) is 13.7. The molecule has 156 valence electrons. The Morgan fingerprint density at radius 3 is 2.31 bits per heavy atom. The van der Waals surface area contributed by atoms with Crippen LogP contribution in [0.15, 0.2) is 42.5 Å². The minimum atomic E-state index is -0.697. The molecule has 0 saturated heterocycles. The zero-order valence-corrected chi connectivity index (χ0v) is 18.2. The normalized spacial score (nSPS) is 12.0. The van der Waals surface area contributed by atoms with Crippen LogP contribution in [0.25, 0.3) is 0 Å². The van der Waals surface area contributed by atoms with Gasteiger partial charge in [-0.25, -0.2) is 4.39 Å². The van der Waals surface area contributed by atoms with Gasteiger partial charge in [-0.2, -0.15) is 0 Å². The highest BCUT2D eigenvalue weighted by Crippen LogP contribution is 2.22. The second kappa shape index (κ2) is 10.6. The fourth-order valence-corrected chi connectivity index (χ4v) is 3.23. The van der Waals surface area contributed by atoms with E-state index in [1.165, 1.54) is 17.0 Å². The van der Waals surface area contributed by atoms with E-state index >= 15 is 0 Å². The molecule has 0 heterocycles. The Labute approximate surface area is 181 Å². The summed E-state index contributed by atoms with van der Waals surface area (Å²) in [6, 6.07) is 10.1. The SMILES string of the molecule is CC(C)CNC(=O)[C@H](C)N(Cc1ccc(F)cc1)C(=O)Cc1ccc(Cl)cc1Cl. The summed E-state index contributed by atoms with van der Waals surface area (Å²) in [5.74, 6) is -0.565. The molecular formula is C22H25Cl2FN2O2. The van der Waals surface area contributed by atoms with E-state index in [0.717, 1.165) is 5.56 Å². The van der Waals surface area contributed by atoms with Crippen molar-refractivity contribution in [3.63, 3.8) is 0 Å². The lowest BCUT2D eigenvalue weighted by atomic mass is 10.1. The first-order valence-corrected chi connectivity index (χ1v) is 10.2. The van der Waals surface area contributed by atoms with Gasteiger partial charge in [-0.3, -0.25) is 9.59 Å². The summed E-state index contributed by atoms with van der Waals surface area (Å²) in [5.41, 5.74) is 1.35. The van der Waals surface area contributed by atoms with Gasteiger partial charge in [-0.05, 0) is 48.2 Å². The molecule has 0 spiro atoms. The predicted octanol–water partition coefficient (Wildman–Crippen LogP) is 4.86. The average Bonchev–Trinajstić information content (AvgIpc) is 2.67. The van der Waals surface area contributed by atoms with Crippen molar-refractivity contribution < 1.29 is 14.0 Å². The topological polar surface area (TPSA) is 49.4 Å². The van der Waals surface area contributed by atoms with Gasteiger partial charge in [-0.1, -0.05) is 55.2 Å². The van der Waals surface area contributed by atoms with Gasteiger partial charge in [0.1, 0.15) is 11.9 Å². The Bertz CT molecular complexity index is 856. The van der Waals surface area contributed by atoms with E-state index in [9.17, 15) is 14.0 Å². The van der Waals surface area contributed by atoms with E-state index in [4.69, 9.17) is 23.2 Å². The number of benzene rings is 2. The molecule has 0 aliphatic heterocycles. The number of nitrogens with zero attached hydrogens (tertiary/aromatic N) is 1. The van der Waals surface area contributed by atoms with E-state index in [0.29, 0.717) is 28.1 Å². The van der Waals surface area contributed by atoms with Crippen LogP contribution in [0, 0.1) is 11.7 Å². The Kier molecular flexibility index (Phi) is 8.47. The summed E-state index contributed by atoms with van der Waals surface area (Å²) in [7, 11) is 0. The van der Waals surface area contributed by atoms with Crippen LogP contribution < -0.4 is 5.32 Å². The summed E-state index contributed by atoms with van der Waals surface area (Å²) in [4.78, 5) is 27.2. The molecule has 2 amide bonds. The number of carbonyl (C=O) groups is 2. The number of nitrogens with one attached hydrogen (secondary N) is 1. The number of halogens is 3. The molecule has 0 bridgehead atoms. The lowest BCUT2D eigenvalue weighted by Crippen LogP contribution is -2.48. The van der Waals surface area contributed by atoms with Crippen molar-refractivity contribution in [1.29, 1.82) is 0 Å². The molecule has 7 heteroatoms. The lowest BCUT2D eigenvalue weighted by molar-refractivity contribution is -0.140. The summed E-state index contributed by atoms with van der Waals surface area (Å²) in [6.45, 7) is 6.37. The predicted molar refractivity (Wildman–Crippen MR) is 114 cm³/mol. The maximum absolute atomic E-state index is 13.2. The third-order valence-electron chi connectivity index (χ3n) is 4.47. The highest BCUT2D eigenvalue weighted by atomic mass is 35.5. The van der Waals surface area contributed by atoms with Gasteiger partial charge in [-0.15, -0.1) is 0 Å². The molecule has 2 aromatic carbocycles. The maximum Gasteiger partial charge on any atom is 0.242 e. The summed E-state index contributed by atoms with van der Waals surface area (Å²) < 4.78 is 13.2. The quantitative estimate of drug-likeness (QED) is 0.639. The maximum atomic E-state index is 13.2. The zero-order valence-electron chi connectivity index (χ0n) is 16.7. The number of amides is 2. The van der Waals surface area contributed by atoms with Crippen LogP contribution in [0.3, 0.4) is 0 Å². The molecule has 0 fully saturated rings. The van der Waals surface area contributed by atoms with Gasteiger partial charge < -0.3 is 10.2 Å². The highest BCUT2D eigenvalue weighted by Gasteiger charge is 2.26. The van der Waals surface area contributed by atoms with Crippen LogP contribution in [0.1, 0.15) is 31.9 Å². The van der Waals surface area contributed by atoms with Crippen molar-refractivity contribution in [3.8, 4) is 0 Å². The third-order valence-corrected chi connectivity index (χ3v) is 5.06. The highest BCUT2D eigenvalue weighted by molar-refractivity contribution is 6.35. The van der Waals surface area contributed by atoms with Gasteiger partial charge >= 0.3 is 0 Å². The molecule has 0 unspecified atom stereocenters. The second-order valence-electron chi connectivity index (χ2n) is 7.38. The van der Waals surface area contributed by atoms with Gasteiger partial charge in [0.15, 0.2) is 0 Å². The van der Waals surface area contributed by atoms with Gasteiger partial charge in [0.25, 0.3) is 0 Å². The Balaban J connectivity index is 2.23. The average molecular weight is 439 g/mol. The lowest BCUT2D eigenvalue weighted by Gasteiger charge is -2.29. The summed E-state index contributed by atoms with van der Waals surface area (Å²) in [5, 5.41) is 3.73. The number of hydrogen-bond acceptors (Lipinski definition) is 2. The first-order valence-electron chi connectivity index (χ1n) is 9.43. The summed E-state index contributed by atoms with van der Waals surface area (Å²) >= 11 is 12.1. The van der Waals surface area contributed by atoms with E-state index in [2.05, 4.69) is 5.32 Å². The van der Waals surface area contributed by atoms with Crippen molar-refractivity contribution in [2.45, 2.75) is 39.8 Å². The monoisotopic (exact) mass is 438 g/mol. The molecule has 1 N–H and O–H groups in total. The molecule has 0 saturated carbocycles. The fourth-order valence-electron chi connectivity index (χ4n) is 2.75. The summed E-state index contributed by atoms with van der Waals surface area (Å²) in [6.07, 6.45) is 0.0268. The first kappa shape index (κ1) is 23.2. The minimum absolute atomic E-state index is 0.0268.